The van der Waals surface area contributed by atoms with Crippen LogP contribution in [0.1, 0.15) is 56.5 Å². The fraction of sp³-hybridized carbons (Fsp3) is 0.481. The first-order valence-electron chi connectivity index (χ1n) is 13.0. The van der Waals surface area contributed by atoms with Gasteiger partial charge in [-0.05, 0) is 51.8 Å². The molecule has 8 nitrogen and oxygen atoms in total. The molecule has 5 rings (SSSR count). The monoisotopic (exact) mass is 617 g/mol. The Labute approximate surface area is 248 Å². The molecule has 2 N–H and O–H groups in total. The Morgan fingerprint density at radius 2 is 1.80 bits per heavy atom. The van der Waals surface area contributed by atoms with Gasteiger partial charge in [0, 0.05) is 55.0 Å². The number of benzene rings is 1. The van der Waals surface area contributed by atoms with Gasteiger partial charge < -0.3 is 20.1 Å². The van der Waals surface area contributed by atoms with Gasteiger partial charge in [0.05, 0.1) is 17.7 Å². The lowest BCUT2D eigenvalue weighted by molar-refractivity contribution is -0.140. The van der Waals surface area contributed by atoms with Crippen molar-refractivity contribution in [2.24, 2.45) is 0 Å². The van der Waals surface area contributed by atoms with Crippen LogP contribution >= 0.6 is 24.8 Å². The summed E-state index contributed by atoms with van der Waals surface area (Å²) in [6.45, 7) is 8.78. The van der Waals surface area contributed by atoms with Gasteiger partial charge >= 0.3 is 6.18 Å². The van der Waals surface area contributed by atoms with E-state index in [9.17, 15) is 22.4 Å². The Morgan fingerprint density at radius 1 is 1.10 bits per heavy atom. The molecule has 2 aliphatic heterocycles. The maximum Gasteiger partial charge on any atom is 0.419 e. The topological polar surface area (TPSA) is 88.0 Å². The van der Waals surface area contributed by atoms with E-state index in [0.717, 1.165) is 42.2 Å². The number of halogens is 6. The highest BCUT2D eigenvalue weighted by molar-refractivity contribution is 5.99. The average Bonchev–Trinajstić information content (AvgIpc) is 3.46. The molecule has 1 saturated heterocycles. The van der Waals surface area contributed by atoms with Crippen LogP contribution < -0.4 is 15.5 Å². The highest BCUT2D eigenvalue weighted by atomic mass is 35.5. The molecule has 14 heteroatoms. The van der Waals surface area contributed by atoms with E-state index in [-0.39, 0.29) is 54.2 Å². The smallest absolute Gasteiger partial charge is 0.356 e. The summed E-state index contributed by atoms with van der Waals surface area (Å²) in [7, 11) is 0. The van der Waals surface area contributed by atoms with Gasteiger partial charge in [0.25, 0.3) is 0 Å². The summed E-state index contributed by atoms with van der Waals surface area (Å²) in [6.07, 6.45) is 0.161. The van der Waals surface area contributed by atoms with Crippen molar-refractivity contribution in [2.75, 3.05) is 29.9 Å². The molecule has 1 amide bonds. The number of hydrogen-bond donors (Lipinski definition) is 2. The number of anilines is 2. The largest absolute Gasteiger partial charge is 0.419 e. The summed E-state index contributed by atoms with van der Waals surface area (Å²) >= 11 is 0. The second-order valence-corrected chi connectivity index (χ2v) is 11.1. The number of carbonyl (C=O) groups is 1. The molecular weight excluding hydrogens is 585 g/mol. The van der Waals surface area contributed by atoms with Gasteiger partial charge in [-0.2, -0.15) is 13.2 Å². The Hall–Kier alpha value is -2.96. The van der Waals surface area contributed by atoms with Gasteiger partial charge in [-0.25, -0.2) is 19.3 Å². The number of fused-ring (bicyclic) bond motifs is 1. The van der Waals surface area contributed by atoms with E-state index < -0.39 is 17.6 Å². The third kappa shape index (κ3) is 7.28. The number of hydrogen-bond acceptors (Lipinski definition) is 6. The van der Waals surface area contributed by atoms with Crippen molar-refractivity contribution in [2.45, 2.75) is 64.2 Å². The molecule has 3 aromatic rings. The molecule has 0 aliphatic carbocycles. The first-order valence-corrected chi connectivity index (χ1v) is 13.0. The molecule has 2 aromatic heterocycles. The van der Waals surface area contributed by atoms with Crippen LogP contribution in [-0.2, 0) is 23.9 Å². The van der Waals surface area contributed by atoms with Crippen LogP contribution in [0, 0.1) is 5.82 Å². The normalized spacial score (nSPS) is 15.7. The first-order chi connectivity index (χ1) is 18.4. The molecule has 1 aromatic carbocycles. The van der Waals surface area contributed by atoms with Crippen molar-refractivity contribution in [1.82, 2.24) is 24.8 Å². The quantitative estimate of drug-likeness (QED) is 0.350. The van der Waals surface area contributed by atoms with Gasteiger partial charge in [0.15, 0.2) is 0 Å². The highest BCUT2D eigenvalue weighted by Gasteiger charge is 2.35. The van der Waals surface area contributed by atoms with Gasteiger partial charge in [0.1, 0.15) is 29.6 Å². The SMILES string of the molecule is CC(C)(C)NCCn1cc(-c2ccc(F)c(C(F)(F)F)c2)nc1C1CCN(c2ncnc3c2CC(=O)N3)CC1.Cl.Cl. The highest BCUT2D eigenvalue weighted by Crippen LogP contribution is 2.37. The van der Waals surface area contributed by atoms with Crippen molar-refractivity contribution < 1.29 is 22.4 Å². The Morgan fingerprint density at radius 3 is 2.46 bits per heavy atom. The molecule has 224 valence electrons. The van der Waals surface area contributed by atoms with Gasteiger partial charge in [-0.15, -0.1) is 24.8 Å². The molecule has 41 heavy (non-hydrogen) atoms. The van der Waals surface area contributed by atoms with Crippen molar-refractivity contribution in [3.8, 4) is 11.3 Å². The van der Waals surface area contributed by atoms with Crippen LogP contribution in [0.2, 0.25) is 0 Å². The molecule has 0 atom stereocenters. The summed E-state index contributed by atoms with van der Waals surface area (Å²) in [5, 5.41) is 6.19. The zero-order valence-corrected chi connectivity index (χ0v) is 24.5. The number of aromatic nitrogens is 4. The third-order valence-electron chi connectivity index (χ3n) is 7.06. The summed E-state index contributed by atoms with van der Waals surface area (Å²) in [5.74, 6) is 0.762. The number of amides is 1. The maximum atomic E-state index is 13.9. The minimum atomic E-state index is -4.80. The fourth-order valence-electron chi connectivity index (χ4n) is 5.16. The van der Waals surface area contributed by atoms with Crippen molar-refractivity contribution in [1.29, 1.82) is 0 Å². The molecule has 1 fully saturated rings. The summed E-state index contributed by atoms with van der Waals surface area (Å²) < 4.78 is 56.0. The number of nitrogens with zero attached hydrogens (tertiary/aromatic N) is 5. The van der Waals surface area contributed by atoms with Gasteiger partial charge in [-0.3, -0.25) is 4.79 Å². The van der Waals surface area contributed by atoms with E-state index in [1.165, 1.54) is 12.4 Å². The molecule has 0 radical (unpaired) electrons. The van der Waals surface area contributed by atoms with Crippen LogP contribution in [0.3, 0.4) is 0 Å². The zero-order valence-electron chi connectivity index (χ0n) is 22.9. The Kier molecular flexibility index (Phi) is 9.92. The lowest BCUT2D eigenvalue weighted by Gasteiger charge is -2.33. The number of carbonyl (C=O) groups excluding carboxylic acids is 1. The van der Waals surface area contributed by atoms with Crippen LogP contribution in [-0.4, -0.2) is 50.6 Å². The summed E-state index contributed by atoms with van der Waals surface area (Å²) in [5.41, 5.74) is 0.00566. The Balaban J connectivity index is 0.00000231. The van der Waals surface area contributed by atoms with E-state index in [0.29, 0.717) is 37.7 Å². The van der Waals surface area contributed by atoms with E-state index in [4.69, 9.17) is 4.98 Å². The van der Waals surface area contributed by atoms with Crippen molar-refractivity contribution in [3.05, 3.63) is 53.5 Å². The van der Waals surface area contributed by atoms with E-state index >= 15 is 0 Å². The molecule has 2 aliphatic rings. The maximum absolute atomic E-state index is 13.9. The average molecular weight is 619 g/mol. The van der Waals surface area contributed by atoms with Crippen LogP contribution in [0.15, 0.2) is 30.7 Å². The predicted molar refractivity (Wildman–Crippen MR) is 153 cm³/mol. The standard InChI is InChI=1S/C27H31F4N7O.2ClH/c1-26(2,3)34-8-11-38-14-21(17-4-5-20(28)19(12-17)27(29,30)31)35-24(38)16-6-9-37(10-7-16)25-18-13-22(39)36-23(18)32-15-33-25;;/h4-5,12,14-16,34H,6-11,13H2,1-3H3,(H,32,33,36,39);2*1H. The van der Waals surface area contributed by atoms with Crippen LogP contribution in [0.25, 0.3) is 11.3 Å². The number of rotatable bonds is 6. The Bertz CT molecular complexity index is 1380. The summed E-state index contributed by atoms with van der Waals surface area (Å²) in [4.78, 5) is 27.4. The van der Waals surface area contributed by atoms with E-state index in [2.05, 4.69) is 46.3 Å². The predicted octanol–water partition coefficient (Wildman–Crippen LogP) is 5.61. The molecule has 0 unspecified atom stereocenters. The van der Waals surface area contributed by atoms with Crippen molar-refractivity contribution in [3.63, 3.8) is 0 Å². The third-order valence-corrected chi connectivity index (χ3v) is 7.06. The summed E-state index contributed by atoms with van der Waals surface area (Å²) in [6, 6.07) is 3.01. The lowest BCUT2D eigenvalue weighted by atomic mass is 9.95. The fourth-order valence-corrected chi connectivity index (χ4v) is 5.16. The minimum Gasteiger partial charge on any atom is -0.356 e. The van der Waals surface area contributed by atoms with Crippen LogP contribution in [0.5, 0.6) is 0 Å². The minimum absolute atomic E-state index is 0. The van der Waals surface area contributed by atoms with Gasteiger partial charge in [0.2, 0.25) is 5.91 Å². The second kappa shape index (κ2) is 12.5. The van der Waals surface area contributed by atoms with Gasteiger partial charge in [-0.1, -0.05) is 0 Å². The number of nitrogens with one attached hydrogen (secondary N) is 2. The zero-order chi connectivity index (χ0) is 27.9. The molecular formula is C27H33Cl2F4N7O. The number of piperidine rings is 1. The van der Waals surface area contributed by atoms with Crippen LogP contribution in [0.4, 0.5) is 29.2 Å². The van der Waals surface area contributed by atoms with E-state index in [1.54, 1.807) is 6.20 Å². The molecule has 0 saturated carbocycles. The molecule has 0 bridgehead atoms. The molecule has 4 heterocycles. The van der Waals surface area contributed by atoms with E-state index in [1.807, 2.05) is 4.57 Å². The first kappa shape index (κ1) is 32.6. The number of imidazole rings is 1. The lowest BCUT2D eigenvalue weighted by Crippen LogP contribution is -2.38. The second-order valence-electron chi connectivity index (χ2n) is 11.1. The number of alkyl halides is 3. The van der Waals surface area contributed by atoms with Crippen molar-refractivity contribution >= 4 is 42.4 Å². The molecule has 0 spiro atoms.